The highest BCUT2D eigenvalue weighted by molar-refractivity contribution is 5.96. The van der Waals surface area contributed by atoms with Crippen molar-refractivity contribution in [3.8, 4) is 5.75 Å². The van der Waals surface area contributed by atoms with Crippen molar-refractivity contribution < 1.29 is 14.3 Å². The third kappa shape index (κ3) is 3.25. The number of ether oxygens (including phenoxy) is 1. The molecule has 142 valence electrons. The molecule has 3 rings (SSSR count). The first-order valence-electron chi connectivity index (χ1n) is 9.13. The number of likely N-dealkylation sites (N-methyl/N-ethyl adjacent to an activating group) is 1. The first kappa shape index (κ1) is 18.6. The van der Waals surface area contributed by atoms with Crippen molar-refractivity contribution in [1.82, 2.24) is 19.8 Å². The van der Waals surface area contributed by atoms with Gasteiger partial charge < -0.3 is 19.5 Å². The van der Waals surface area contributed by atoms with E-state index in [4.69, 9.17) is 4.74 Å². The zero-order chi connectivity index (χ0) is 19.1. The number of rotatable bonds is 3. The summed E-state index contributed by atoms with van der Waals surface area (Å²) < 4.78 is 7.14. The fourth-order valence-corrected chi connectivity index (χ4v) is 3.27. The SMILES string of the molecule is CCN1CCn2c(C3CCCN3)nc(=O)c(OC(=O)C(C)(C)C)c2C1=O. The Labute approximate surface area is 152 Å². The summed E-state index contributed by atoms with van der Waals surface area (Å²) in [5.74, 6) is -0.557. The Morgan fingerprint density at radius 2 is 2.04 bits per heavy atom. The normalized spacial score (nSPS) is 20.2. The fourth-order valence-electron chi connectivity index (χ4n) is 3.27. The van der Waals surface area contributed by atoms with E-state index in [0.29, 0.717) is 25.5 Å². The molecule has 2 aliphatic heterocycles. The summed E-state index contributed by atoms with van der Waals surface area (Å²) in [5, 5.41) is 3.32. The molecule has 8 heteroatoms. The van der Waals surface area contributed by atoms with Crippen LogP contribution in [0.5, 0.6) is 5.75 Å². The maximum Gasteiger partial charge on any atom is 0.316 e. The molecule has 0 spiro atoms. The lowest BCUT2D eigenvalue weighted by molar-refractivity contribution is -0.143. The molecule has 0 radical (unpaired) electrons. The van der Waals surface area contributed by atoms with Crippen LogP contribution in [0.15, 0.2) is 4.79 Å². The third-order valence-electron chi connectivity index (χ3n) is 4.82. The lowest BCUT2D eigenvalue weighted by atomic mass is 9.97. The molecule has 26 heavy (non-hydrogen) atoms. The molecule has 1 unspecified atom stereocenters. The van der Waals surface area contributed by atoms with Crippen LogP contribution < -0.4 is 15.6 Å². The Bertz CT molecular complexity index is 788. The van der Waals surface area contributed by atoms with Gasteiger partial charge in [-0.15, -0.1) is 0 Å². The van der Waals surface area contributed by atoms with Gasteiger partial charge >= 0.3 is 11.5 Å². The maximum atomic E-state index is 12.9. The molecule has 0 saturated carbocycles. The van der Waals surface area contributed by atoms with E-state index >= 15 is 0 Å². The first-order valence-corrected chi connectivity index (χ1v) is 9.13. The molecule has 0 aromatic carbocycles. The molecule has 1 atom stereocenters. The van der Waals surface area contributed by atoms with Crippen LogP contribution in [0.1, 0.15) is 62.9 Å². The average Bonchev–Trinajstić information content (AvgIpc) is 3.10. The average molecular weight is 362 g/mol. The summed E-state index contributed by atoms with van der Waals surface area (Å²) in [6.45, 7) is 9.42. The maximum absolute atomic E-state index is 12.9. The number of hydrogen-bond donors (Lipinski definition) is 1. The molecule has 1 amide bonds. The van der Waals surface area contributed by atoms with E-state index in [-0.39, 0.29) is 23.4 Å². The highest BCUT2D eigenvalue weighted by Gasteiger charge is 2.36. The van der Waals surface area contributed by atoms with Crippen molar-refractivity contribution in [2.24, 2.45) is 5.41 Å². The van der Waals surface area contributed by atoms with Crippen LogP contribution in [0.4, 0.5) is 0 Å². The standard InChI is InChI=1S/C18H26N4O4/c1-5-21-9-10-22-12(16(21)24)13(26-17(25)18(2,3)4)15(23)20-14(22)11-7-6-8-19-11/h11,19H,5-10H2,1-4H3. The Hall–Kier alpha value is -2.22. The van der Waals surface area contributed by atoms with Crippen LogP contribution in [0, 0.1) is 5.41 Å². The van der Waals surface area contributed by atoms with Crippen molar-refractivity contribution in [3.05, 3.63) is 21.9 Å². The Balaban J connectivity index is 2.14. The largest absolute Gasteiger partial charge is 0.418 e. The number of nitrogens with one attached hydrogen (secondary N) is 1. The number of fused-ring (bicyclic) bond motifs is 1. The van der Waals surface area contributed by atoms with Gasteiger partial charge in [0, 0.05) is 19.6 Å². The van der Waals surface area contributed by atoms with Crippen molar-refractivity contribution in [2.45, 2.75) is 53.1 Å². The zero-order valence-electron chi connectivity index (χ0n) is 15.8. The molecule has 3 heterocycles. The fraction of sp³-hybridized carbons (Fsp3) is 0.667. The van der Waals surface area contributed by atoms with Crippen LogP contribution in [-0.4, -0.2) is 46.0 Å². The minimum atomic E-state index is -0.794. The number of carbonyl (C=O) groups is 2. The van der Waals surface area contributed by atoms with E-state index in [1.807, 2.05) is 6.92 Å². The lowest BCUT2D eigenvalue weighted by Gasteiger charge is -2.32. The minimum absolute atomic E-state index is 0.0604. The van der Waals surface area contributed by atoms with Crippen molar-refractivity contribution >= 4 is 11.9 Å². The van der Waals surface area contributed by atoms with Crippen LogP contribution in [-0.2, 0) is 11.3 Å². The van der Waals surface area contributed by atoms with Gasteiger partial charge in [0.1, 0.15) is 5.82 Å². The van der Waals surface area contributed by atoms with Crippen molar-refractivity contribution in [2.75, 3.05) is 19.6 Å². The second kappa shape index (κ2) is 6.83. The second-order valence-corrected chi connectivity index (χ2v) is 7.78. The van der Waals surface area contributed by atoms with E-state index < -0.39 is 16.9 Å². The Morgan fingerprint density at radius 3 is 2.62 bits per heavy atom. The molecule has 1 aromatic heterocycles. The topological polar surface area (TPSA) is 93.5 Å². The summed E-state index contributed by atoms with van der Waals surface area (Å²) in [6.07, 6.45) is 1.85. The van der Waals surface area contributed by atoms with E-state index in [2.05, 4.69) is 10.3 Å². The van der Waals surface area contributed by atoms with Gasteiger partial charge in [0.15, 0.2) is 5.69 Å². The van der Waals surface area contributed by atoms with Crippen molar-refractivity contribution in [3.63, 3.8) is 0 Å². The van der Waals surface area contributed by atoms with Gasteiger partial charge in [-0.2, -0.15) is 4.98 Å². The molecule has 0 aliphatic carbocycles. The summed E-state index contributed by atoms with van der Waals surface area (Å²) >= 11 is 0. The highest BCUT2D eigenvalue weighted by atomic mass is 16.5. The van der Waals surface area contributed by atoms with Gasteiger partial charge in [-0.3, -0.25) is 14.4 Å². The predicted molar refractivity (Wildman–Crippen MR) is 95.1 cm³/mol. The second-order valence-electron chi connectivity index (χ2n) is 7.78. The number of hydrogen-bond acceptors (Lipinski definition) is 6. The zero-order valence-corrected chi connectivity index (χ0v) is 15.8. The quantitative estimate of drug-likeness (QED) is 0.809. The smallest absolute Gasteiger partial charge is 0.316 e. The number of amides is 1. The van der Waals surface area contributed by atoms with Crippen molar-refractivity contribution in [1.29, 1.82) is 0 Å². The molecule has 1 aromatic rings. The molecule has 8 nitrogen and oxygen atoms in total. The highest BCUT2D eigenvalue weighted by Crippen LogP contribution is 2.28. The molecule has 1 fully saturated rings. The van der Waals surface area contributed by atoms with Gasteiger partial charge in [-0.25, -0.2) is 0 Å². The van der Waals surface area contributed by atoms with E-state index in [0.717, 1.165) is 19.4 Å². The molecular formula is C18H26N4O4. The lowest BCUT2D eigenvalue weighted by Crippen LogP contribution is -2.45. The van der Waals surface area contributed by atoms with Crippen LogP contribution in [0.3, 0.4) is 0 Å². The van der Waals surface area contributed by atoms with Gasteiger partial charge in [0.05, 0.1) is 11.5 Å². The van der Waals surface area contributed by atoms with E-state index in [9.17, 15) is 14.4 Å². The van der Waals surface area contributed by atoms with Gasteiger partial charge in [-0.1, -0.05) is 0 Å². The molecular weight excluding hydrogens is 336 g/mol. The van der Waals surface area contributed by atoms with E-state index in [1.165, 1.54) is 0 Å². The third-order valence-corrected chi connectivity index (χ3v) is 4.82. The molecule has 2 aliphatic rings. The number of nitrogens with zero attached hydrogens (tertiary/aromatic N) is 3. The monoisotopic (exact) mass is 362 g/mol. The summed E-state index contributed by atoms with van der Waals surface area (Å²) in [7, 11) is 0. The predicted octanol–water partition coefficient (Wildman–Crippen LogP) is 1.09. The molecule has 1 N–H and O–H groups in total. The molecule has 0 bridgehead atoms. The van der Waals surface area contributed by atoms with Gasteiger partial charge in [0.2, 0.25) is 5.75 Å². The first-order chi connectivity index (χ1) is 12.2. The number of aromatic nitrogens is 2. The van der Waals surface area contributed by atoms with Crippen LogP contribution >= 0.6 is 0 Å². The van der Waals surface area contributed by atoms with Crippen LogP contribution in [0.25, 0.3) is 0 Å². The number of esters is 1. The summed E-state index contributed by atoms with van der Waals surface area (Å²) in [5.41, 5.74) is -1.32. The van der Waals surface area contributed by atoms with Crippen LogP contribution in [0.2, 0.25) is 0 Å². The Kier molecular flexibility index (Phi) is 4.88. The van der Waals surface area contributed by atoms with E-state index in [1.54, 1.807) is 30.2 Å². The molecule has 1 saturated heterocycles. The summed E-state index contributed by atoms with van der Waals surface area (Å²) in [4.78, 5) is 43.8. The van der Waals surface area contributed by atoms with Gasteiger partial charge in [0.25, 0.3) is 5.91 Å². The number of carbonyl (C=O) groups excluding carboxylic acids is 2. The minimum Gasteiger partial charge on any atom is -0.418 e. The Morgan fingerprint density at radius 1 is 1.31 bits per heavy atom. The van der Waals surface area contributed by atoms with Gasteiger partial charge in [-0.05, 0) is 47.1 Å². The summed E-state index contributed by atoms with van der Waals surface area (Å²) in [6, 6.07) is -0.0604.